The minimum absolute atomic E-state index is 0.0361. The van der Waals surface area contributed by atoms with Crippen LogP contribution in [0.3, 0.4) is 0 Å². The number of amides is 1. The first-order valence-electron chi connectivity index (χ1n) is 12.0. The molecular formula is C23H38N4O4S. The molecule has 0 radical (unpaired) electrons. The van der Waals surface area contributed by atoms with Crippen molar-refractivity contribution in [2.45, 2.75) is 46.0 Å². The standard InChI is InChI=1S/C23H38N4O4S/c1-3-27(21-10-12-22(13-11-21)31-4-2)32(29,30)26-17-8-9-20(19-26)23(28)24-14-18-25-15-6-5-7-16-25/h10-13,20H,3-9,14-19H2,1-2H3,(H,24,28). The number of anilines is 1. The van der Waals surface area contributed by atoms with E-state index < -0.39 is 10.2 Å². The molecule has 1 unspecified atom stereocenters. The van der Waals surface area contributed by atoms with Gasteiger partial charge in [-0.25, -0.2) is 0 Å². The number of rotatable bonds is 10. The van der Waals surface area contributed by atoms with Gasteiger partial charge < -0.3 is 15.0 Å². The molecule has 1 atom stereocenters. The zero-order valence-electron chi connectivity index (χ0n) is 19.5. The maximum absolute atomic E-state index is 13.4. The molecule has 0 bridgehead atoms. The van der Waals surface area contributed by atoms with E-state index in [2.05, 4.69) is 10.2 Å². The van der Waals surface area contributed by atoms with Gasteiger partial charge in [0.15, 0.2) is 0 Å². The van der Waals surface area contributed by atoms with Gasteiger partial charge in [-0.2, -0.15) is 12.7 Å². The van der Waals surface area contributed by atoms with Crippen molar-refractivity contribution in [1.82, 2.24) is 14.5 Å². The number of carbonyl (C=O) groups is 1. The molecule has 3 rings (SSSR count). The van der Waals surface area contributed by atoms with Crippen molar-refractivity contribution >= 4 is 21.8 Å². The van der Waals surface area contributed by atoms with E-state index in [1.165, 1.54) is 27.9 Å². The van der Waals surface area contributed by atoms with E-state index in [-0.39, 0.29) is 18.4 Å². The second-order valence-electron chi connectivity index (χ2n) is 8.49. The third-order valence-corrected chi connectivity index (χ3v) is 8.27. The minimum atomic E-state index is -3.72. The van der Waals surface area contributed by atoms with E-state index >= 15 is 0 Å². The number of carbonyl (C=O) groups excluding carboxylic acids is 1. The lowest BCUT2D eigenvalue weighted by Crippen LogP contribution is -2.51. The highest BCUT2D eigenvalue weighted by atomic mass is 32.2. The summed E-state index contributed by atoms with van der Waals surface area (Å²) in [7, 11) is -3.72. The molecule has 32 heavy (non-hydrogen) atoms. The molecule has 180 valence electrons. The van der Waals surface area contributed by atoms with Crippen molar-refractivity contribution in [3.8, 4) is 5.75 Å². The summed E-state index contributed by atoms with van der Waals surface area (Å²) in [4.78, 5) is 15.1. The van der Waals surface area contributed by atoms with Gasteiger partial charge >= 0.3 is 10.2 Å². The molecule has 1 aromatic carbocycles. The van der Waals surface area contributed by atoms with Crippen LogP contribution in [-0.2, 0) is 15.0 Å². The number of benzene rings is 1. The average Bonchev–Trinajstić information content (AvgIpc) is 2.81. The maximum Gasteiger partial charge on any atom is 0.304 e. The van der Waals surface area contributed by atoms with Gasteiger partial charge in [0, 0.05) is 32.7 Å². The Labute approximate surface area is 193 Å². The lowest BCUT2D eigenvalue weighted by Gasteiger charge is -2.35. The van der Waals surface area contributed by atoms with Crippen molar-refractivity contribution in [3.05, 3.63) is 24.3 Å². The summed E-state index contributed by atoms with van der Waals surface area (Å²) >= 11 is 0. The molecule has 9 heteroatoms. The van der Waals surface area contributed by atoms with Crippen molar-refractivity contribution in [3.63, 3.8) is 0 Å². The van der Waals surface area contributed by atoms with Crippen molar-refractivity contribution in [2.24, 2.45) is 5.92 Å². The van der Waals surface area contributed by atoms with Gasteiger partial charge in [-0.1, -0.05) is 6.42 Å². The van der Waals surface area contributed by atoms with Gasteiger partial charge in [0.05, 0.1) is 18.2 Å². The Hall–Kier alpha value is -1.84. The molecule has 1 N–H and O–H groups in total. The van der Waals surface area contributed by atoms with Crippen LogP contribution in [0.4, 0.5) is 5.69 Å². The molecular weight excluding hydrogens is 428 g/mol. The summed E-state index contributed by atoms with van der Waals surface area (Å²) in [5, 5.41) is 3.04. The summed E-state index contributed by atoms with van der Waals surface area (Å²) < 4.78 is 35.1. The van der Waals surface area contributed by atoms with E-state index in [1.807, 2.05) is 13.8 Å². The third kappa shape index (κ3) is 6.36. The smallest absolute Gasteiger partial charge is 0.304 e. The summed E-state index contributed by atoms with van der Waals surface area (Å²) in [5.74, 6) is 0.369. The molecule has 0 saturated carbocycles. The number of nitrogens with zero attached hydrogens (tertiary/aromatic N) is 3. The molecule has 0 spiro atoms. The highest BCUT2D eigenvalue weighted by molar-refractivity contribution is 7.90. The monoisotopic (exact) mass is 466 g/mol. The van der Waals surface area contributed by atoms with Crippen LogP contribution >= 0.6 is 0 Å². The average molecular weight is 467 g/mol. The molecule has 1 aromatic rings. The molecule has 2 aliphatic rings. The first-order valence-corrected chi connectivity index (χ1v) is 13.4. The van der Waals surface area contributed by atoms with Crippen LogP contribution < -0.4 is 14.4 Å². The van der Waals surface area contributed by atoms with Crippen LogP contribution in [0, 0.1) is 5.92 Å². The summed E-state index contributed by atoms with van der Waals surface area (Å²) in [6.07, 6.45) is 5.15. The van der Waals surface area contributed by atoms with E-state index in [0.717, 1.165) is 26.1 Å². The Bertz CT molecular complexity index is 825. The van der Waals surface area contributed by atoms with Crippen LogP contribution in [0.15, 0.2) is 24.3 Å². The molecule has 1 amide bonds. The van der Waals surface area contributed by atoms with Crippen LogP contribution in [0.1, 0.15) is 46.0 Å². The summed E-state index contributed by atoms with van der Waals surface area (Å²) in [6.45, 7) is 8.96. The van der Waals surface area contributed by atoms with Gasteiger partial charge in [-0.15, -0.1) is 0 Å². The SMILES string of the molecule is CCOc1ccc(N(CC)S(=O)(=O)N2CCCC(C(=O)NCCN3CCCCC3)C2)cc1. The second-order valence-corrected chi connectivity index (χ2v) is 10.3. The predicted octanol–water partition coefficient (Wildman–Crippen LogP) is 2.47. The van der Waals surface area contributed by atoms with E-state index in [9.17, 15) is 13.2 Å². The van der Waals surface area contributed by atoms with Crippen LogP contribution in [0.25, 0.3) is 0 Å². The van der Waals surface area contributed by atoms with Crippen LogP contribution in [0.5, 0.6) is 5.75 Å². The van der Waals surface area contributed by atoms with Crippen LogP contribution in [-0.4, -0.2) is 76.0 Å². The zero-order valence-corrected chi connectivity index (χ0v) is 20.3. The van der Waals surface area contributed by atoms with Crippen molar-refractivity contribution < 1.29 is 17.9 Å². The summed E-state index contributed by atoms with van der Waals surface area (Å²) in [5.41, 5.74) is 0.601. The van der Waals surface area contributed by atoms with Crippen molar-refractivity contribution in [2.75, 3.05) is 56.7 Å². The Morgan fingerprint density at radius 2 is 1.81 bits per heavy atom. The number of hydrogen-bond acceptors (Lipinski definition) is 5. The first kappa shape index (κ1) is 24.8. The Morgan fingerprint density at radius 3 is 2.47 bits per heavy atom. The molecule has 2 aliphatic heterocycles. The first-order chi connectivity index (χ1) is 15.5. The lowest BCUT2D eigenvalue weighted by molar-refractivity contribution is -0.126. The molecule has 2 saturated heterocycles. The number of hydrogen-bond donors (Lipinski definition) is 1. The Kier molecular flexibility index (Phi) is 9.19. The van der Waals surface area contributed by atoms with Gasteiger partial charge in [-0.05, 0) is 76.9 Å². The fourth-order valence-electron chi connectivity index (χ4n) is 4.52. The van der Waals surface area contributed by atoms with Gasteiger partial charge in [0.25, 0.3) is 0 Å². The fraction of sp³-hybridized carbons (Fsp3) is 0.696. The van der Waals surface area contributed by atoms with Gasteiger partial charge in [0.2, 0.25) is 5.91 Å². The molecule has 0 aromatic heterocycles. The minimum Gasteiger partial charge on any atom is -0.494 e. The number of nitrogens with one attached hydrogen (secondary N) is 1. The van der Waals surface area contributed by atoms with Crippen molar-refractivity contribution in [1.29, 1.82) is 0 Å². The lowest BCUT2D eigenvalue weighted by atomic mass is 9.99. The van der Waals surface area contributed by atoms with E-state index in [4.69, 9.17) is 4.74 Å². The maximum atomic E-state index is 13.4. The quantitative estimate of drug-likeness (QED) is 0.573. The zero-order chi connectivity index (χ0) is 23.0. The predicted molar refractivity (Wildman–Crippen MR) is 127 cm³/mol. The number of ether oxygens (including phenoxy) is 1. The largest absolute Gasteiger partial charge is 0.494 e. The molecule has 8 nitrogen and oxygen atoms in total. The topological polar surface area (TPSA) is 82.2 Å². The van der Waals surface area contributed by atoms with Gasteiger partial charge in [0.1, 0.15) is 5.75 Å². The van der Waals surface area contributed by atoms with E-state index in [0.29, 0.717) is 44.1 Å². The Morgan fingerprint density at radius 1 is 1.09 bits per heavy atom. The molecule has 0 aliphatic carbocycles. The Balaban J connectivity index is 1.58. The number of piperidine rings is 2. The molecule has 2 fully saturated rings. The van der Waals surface area contributed by atoms with Gasteiger partial charge in [-0.3, -0.25) is 9.10 Å². The van der Waals surface area contributed by atoms with E-state index in [1.54, 1.807) is 24.3 Å². The fourth-order valence-corrected chi connectivity index (χ4v) is 6.25. The highest BCUT2D eigenvalue weighted by Gasteiger charge is 2.35. The normalized spacial score (nSPS) is 20.6. The molecule has 2 heterocycles. The number of likely N-dealkylation sites (tertiary alicyclic amines) is 1. The third-order valence-electron chi connectivity index (χ3n) is 6.26. The second kappa shape index (κ2) is 11.9. The summed E-state index contributed by atoms with van der Waals surface area (Å²) in [6, 6.07) is 7.10. The van der Waals surface area contributed by atoms with Crippen LogP contribution in [0.2, 0.25) is 0 Å². The highest BCUT2D eigenvalue weighted by Crippen LogP contribution is 2.27.